The Morgan fingerprint density at radius 2 is 2.07 bits per heavy atom. The van der Waals surface area contributed by atoms with Crippen LogP contribution in [-0.2, 0) is 7.05 Å². The molecule has 0 bridgehead atoms. The highest BCUT2D eigenvalue weighted by Crippen LogP contribution is 2.27. The fraction of sp³-hybridized carbons (Fsp3) is 0.500. The molecule has 0 aliphatic heterocycles. The lowest BCUT2D eigenvalue weighted by Crippen LogP contribution is -2.12. The summed E-state index contributed by atoms with van der Waals surface area (Å²) in [6, 6.07) is 6.14. The fourth-order valence-electron chi connectivity index (χ4n) is 2.59. The van der Waals surface area contributed by atoms with Gasteiger partial charge >= 0.3 is 0 Å². The fourth-order valence-corrected chi connectivity index (χ4v) is 2.77. The maximum atomic E-state index is 12.1. The number of benzene rings is 1. The molecule has 1 unspecified atom stereocenters. The van der Waals surface area contributed by atoms with E-state index in [1.807, 2.05) is 19.2 Å². The van der Waals surface area contributed by atoms with E-state index in [2.05, 4.69) is 37.3 Å². The Morgan fingerprint density at radius 3 is 2.57 bits per heavy atom. The van der Waals surface area contributed by atoms with Crippen LogP contribution < -0.4 is 10.1 Å². The highest BCUT2D eigenvalue weighted by atomic mass is 35.5. The molecule has 0 spiro atoms. The van der Waals surface area contributed by atoms with Gasteiger partial charge in [0.1, 0.15) is 16.6 Å². The summed E-state index contributed by atoms with van der Waals surface area (Å²) in [6.45, 7) is 6.44. The van der Waals surface area contributed by atoms with E-state index in [1.54, 1.807) is 0 Å². The summed E-state index contributed by atoms with van der Waals surface area (Å²) >= 11 is 5.49. The number of aldehydes is 1. The molecular formula is C20H28ClF2N3O2. The molecule has 1 aromatic heterocycles. The van der Waals surface area contributed by atoms with Crippen molar-refractivity contribution in [3.63, 3.8) is 0 Å². The molecule has 0 radical (unpaired) electrons. The van der Waals surface area contributed by atoms with Gasteiger partial charge in [-0.15, -0.1) is 0 Å². The first kappa shape index (κ1) is 23.9. The molecule has 2 rings (SSSR count). The topological polar surface area (TPSA) is 56.1 Å². The zero-order valence-electron chi connectivity index (χ0n) is 16.9. The van der Waals surface area contributed by atoms with Crippen LogP contribution in [0.4, 0.5) is 14.5 Å². The van der Waals surface area contributed by atoms with E-state index >= 15 is 0 Å². The Morgan fingerprint density at radius 1 is 1.39 bits per heavy atom. The van der Waals surface area contributed by atoms with Crippen LogP contribution in [0.15, 0.2) is 18.2 Å². The first-order valence-corrected chi connectivity index (χ1v) is 9.54. The number of rotatable bonds is 8. The molecule has 0 saturated carbocycles. The van der Waals surface area contributed by atoms with Crippen molar-refractivity contribution in [1.29, 1.82) is 0 Å². The number of nitrogens with zero attached hydrogens (tertiary/aromatic N) is 2. The van der Waals surface area contributed by atoms with E-state index < -0.39 is 12.1 Å². The second-order valence-corrected chi connectivity index (χ2v) is 6.74. The van der Waals surface area contributed by atoms with Crippen molar-refractivity contribution in [3.05, 3.63) is 40.2 Å². The number of aromatic nitrogens is 2. The normalized spacial score (nSPS) is 11.6. The van der Waals surface area contributed by atoms with E-state index in [9.17, 15) is 13.6 Å². The van der Waals surface area contributed by atoms with E-state index in [-0.39, 0.29) is 17.0 Å². The van der Waals surface area contributed by atoms with Crippen LogP contribution in [0.5, 0.6) is 5.75 Å². The predicted octanol–water partition coefficient (Wildman–Crippen LogP) is 5.82. The lowest BCUT2D eigenvalue weighted by atomic mass is 10.1. The van der Waals surface area contributed by atoms with Gasteiger partial charge in [-0.25, -0.2) is 8.78 Å². The lowest BCUT2D eigenvalue weighted by Gasteiger charge is -2.17. The lowest BCUT2D eigenvalue weighted by molar-refractivity contribution is 0.110. The first-order chi connectivity index (χ1) is 13.3. The number of hydrogen-bond acceptors (Lipinski definition) is 4. The van der Waals surface area contributed by atoms with Gasteiger partial charge in [-0.3, -0.25) is 9.48 Å². The minimum atomic E-state index is -2.77. The molecule has 1 aromatic carbocycles. The van der Waals surface area contributed by atoms with Crippen molar-refractivity contribution in [2.75, 3.05) is 12.4 Å². The Labute approximate surface area is 170 Å². The molecule has 5 nitrogen and oxygen atoms in total. The van der Waals surface area contributed by atoms with Crippen LogP contribution in [0.2, 0.25) is 5.15 Å². The Bertz CT molecular complexity index is 766. The average molecular weight is 416 g/mol. The van der Waals surface area contributed by atoms with Crippen molar-refractivity contribution in [3.8, 4) is 5.75 Å². The molecule has 0 fully saturated rings. The minimum Gasteiger partial charge on any atom is -0.490 e. The van der Waals surface area contributed by atoms with Crippen molar-refractivity contribution in [1.82, 2.24) is 9.78 Å². The molecule has 0 aliphatic carbocycles. The maximum absolute atomic E-state index is 12.1. The highest BCUT2D eigenvalue weighted by molar-refractivity contribution is 6.32. The van der Waals surface area contributed by atoms with Gasteiger partial charge < -0.3 is 10.1 Å². The van der Waals surface area contributed by atoms with Gasteiger partial charge in [-0.2, -0.15) is 5.10 Å². The SMILES string of the molecule is CCCCC(C)Oc1cccc(NC)c1C.Cn1nc(C(F)F)c(C=O)c1Cl. The van der Waals surface area contributed by atoms with Crippen molar-refractivity contribution in [2.24, 2.45) is 7.05 Å². The number of ether oxygens (including phenoxy) is 1. The third-order valence-corrected chi connectivity index (χ3v) is 4.66. The summed E-state index contributed by atoms with van der Waals surface area (Å²) in [4.78, 5) is 10.3. The molecule has 8 heteroatoms. The summed E-state index contributed by atoms with van der Waals surface area (Å²) in [5, 5.41) is 6.49. The summed E-state index contributed by atoms with van der Waals surface area (Å²) in [6.07, 6.45) is 1.38. The van der Waals surface area contributed by atoms with E-state index in [4.69, 9.17) is 16.3 Å². The van der Waals surface area contributed by atoms with Gasteiger partial charge in [-0.1, -0.05) is 37.4 Å². The van der Waals surface area contributed by atoms with Crippen LogP contribution in [0, 0.1) is 6.92 Å². The molecular weight excluding hydrogens is 388 g/mol. The standard InChI is InChI=1S/C14H23NO.C6H5ClF2N2O/c1-5-6-8-11(2)16-14-10-7-9-13(15-4)12(14)3;1-11-5(7)3(2-12)4(10-11)6(8)9/h7,9-11,15H,5-6,8H2,1-4H3;2,6H,1H3. The van der Waals surface area contributed by atoms with E-state index in [1.165, 1.54) is 25.5 Å². The van der Waals surface area contributed by atoms with Crippen molar-refractivity contribution in [2.45, 2.75) is 52.6 Å². The van der Waals surface area contributed by atoms with Crippen LogP contribution in [0.3, 0.4) is 0 Å². The zero-order valence-corrected chi connectivity index (χ0v) is 17.7. The average Bonchev–Trinajstić information content (AvgIpc) is 2.96. The van der Waals surface area contributed by atoms with Gasteiger partial charge in [0.15, 0.2) is 6.29 Å². The third kappa shape index (κ3) is 6.48. The van der Waals surface area contributed by atoms with Gasteiger partial charge in [0.2, 0.25) is 0 Å². The van der Waals surface area contributed by atoms with E-state index in [0.717, 1.165) is 22.5 Å². The smallest absolute Gasteiger partial charge is 0.282 e. The molecule has 1 heterocycles. The maximum Gasteiger partial charge on any atom is 0.282 e. The summed E-state index contributed by atoms with van der Waals surface area (Å²) < 4.78 is 31.2. The number of halogens is 3. The Balaban J connectivity index is 0.000000292. The van der Waals surface area contributed by atoms with Gasteiger partial charge in [0, 0.05) is 25.3 Å². The summed E-state index contributed by atoms with van der Waals surface area (Å²) in [5.74, 6) is 0.996. The number of unbranched alkanes of at least 4 members (excludes halogenated alkanes) is 1. The Kier molecular flexibility index (Phi) is 9.93. The summed E-state index contributed by atoms with van der Waals surface area (Å²) in [5.41, 5.74) is 1.51. The number of hydrogen-bond donors (Lipinski definition) is 1. The van der Waals surface area contributed by atoms with Crippen LogP contribution in [0.1, 0.15) is 61.2 Å². The number of anilines is 1. The molecule has 2 aromatic rings. The van der Waals surface area contributed by atoms with Gasteiger partial charge in [0.25, 0.3) is 6.43 Å². The Hall–Kier alpha value is -2.15. The number of carbonyl (C=O) groups excluding carboxylic acids is 1. The second kappa shape index (κ2) is 11.6. The van der Waals surface area contributed by atoms with Crippen LogP contribution in [-0.4, -0.2) is 29.2 Å². The minimum absolute atomic E-state index is 0.0692. The predicted molar refractivity (Wildman–Crippen MR) is 109 cm³/mol. The molecule has 0 aliphatic rings. The molecule has 0 saturated heterocycles. The zero-order chi connectivity index (χ0) is 21.3. The molecule has 28 heavy (non-hydrogen) atoms. The number of alkyl halides is 2. The highest BCUT2D eigenvalue weighted by Gasteiger charge is 2.21. The van der Waals surface area contributed by atoms with Crippen LogP contribution in [0.25, 0.3) is 0 Å². The third-order valence-electron chi connectivity index (χ3n) is 4.21. The first-order valence-electron chi connectivity index (χ1n) is 9.16. The van der Waals surface area contributed by atoms with Gasteiger partial charge in [-0.05, 0) is 32.4 Å². The number of nitrogens with one attached hydrogen (secondary N) is 1. The summed E-state index contributed by atoms with van der Waals surface area (Å²) in [7, 11) is 3.33. The van der Waals surface area contributed by atoms with Crippen molar-refractivity contribution >= 4 is 23.6 Å². The molecule has 0 amide bonds. The molecule has 1 atom stereocenters. The molecule has 1 N–H and O–H groups in total. The van der Waals surface area contributed by atoms with E-state index in [0.29, 0.717) is 6.10 Å². The van der Waals surface area contributed by atoms with Gasteiger partial charge in [0.05, 0.1) is 11.7 Å². The number of carbonyl (C=O) groups is 1. The van der Waals surface area contributed by atoms with Crippen molar-refractivity contribution < 1.29 is 18.3 Å². The van der Waals surface area contributed by atoms with Crippen LogP contribution >= 0.6 is 11.6 Å². The number of aryl methyl sites for hydroxylation is 1. The quantitative estimate of drug-likeness (QED) is 0.552. The largest absolute Gasteiger partial charge is 0.490 e. The molecule has 156 valence electrons. The monoisotopic (exact) mass is 415 g/mol. The second-order valence-electron chi connectivity index (χ2n) is 6.38.